The lowest BCUT2D eigenvalue weighted by Crippen LogP contribution is -1.97. The number of nitrogens with zero attached hydrogens (tertiary/aromatic N) is 1. The molecule has 0 aliphatic heterocycles. The van der Waals surface area contributed by atoms with Gasteiger partial charge in [0.1, 0.15) is 0 Å². The van der Waals surface area contributed by atoms with Crippen LogP contribution in [0.25, 0.3) is 0 Å². The van der Waals surface area contributed by atoms with E-state index in [0.717, 1.165) is 23.0 Å². The van der Waals surface area contributed by atoms with Gasteiger partial charge in [0, 0.05) is 23.4 Å². The first-order valence-corrected chi connectivity index (χ1v) is 6.56. The van der Waals surface area contributed by atoms with Gasteiger partial charge in [0.2, 0.25) is 0 Å². The number of halogens is 1. The molecule has 1 aromatic heterocycles. The third-order valence-corrected chi connectivity index (χ3v) is 3.35. The van der Waals surface area contributed by atoms with Gasteiger partial charge >= 0.3 is 0 Å². The lowest BCUT2D eigenvalue weighted by atomic mass is 10.1. The van der Waals surface area contributed by atoms with E-state index in [9.17, 15) is 5.11 Å². The van der Waals surface area contributed by atoms with E-state index in [1.807, 2.05) is 37.5 Å². The predicted octanol–water partition coefficient (Wildman–Crippen LogP) is 3.74. The van der Waals surface area contributed by atoms with Crippen molar-refractivity contribution in [1.82, 2.24) is 4.57 Å². The van der Waals surface area contributed by atoms with Gasteiger partial charge in [0.25, 0.3) is 0 Å². The number of hydrogen-bond acceptors (Lipinski definition) is 1. The fourth-order valence-electron chi connectivity index (χ4n) is 1.79. The quantitative estimate of drug-likeness (QED) is 0.913. The summed E-state index contributed by atoms with van der Waals surface area (Å²) in [6.45, 7) is 2.82. The van der Waals surface area contributed by atoms with Crippen LogP contribution in [0.1, 0.15) is 30.6 Å². The van der Waals surface area contributed by atoms with Crippen LogP contribution in [0.5, 0.6) is 0 Å². The topological polar surface area (TPSA) is 25.2 Å². The zero-order valence-electron chi connectivity index (χ0n) is 9.81. The number of rotatable bonds is 4. The molecule has 0 fully saturated rings. The largest absolute Gasteiger partial charge is 0.388 e. The van der Waals surface area contributed by atoms with Crippen molar-refractivity contribution in [2.24, 2.45) is 0 Å². The van der Waals surface area contributed by atoms with Crippen molar-refractivity contribution >= 4 is 15.9 Å². The Morgan fingerprint density at radius 1 is 1.24 bits per heavy atom. The number of aliphatic hydroxyl groups is 1. The Hall–Kier alpha value is -1.06. The zero-order chi connectivity index (χ0) is 12.3. The number of hydrogen-bond donors (Lipinski definition) is 1. The van der Waals surface area contributed by atoms with Gasteiger partial charge in [-0.3, -0.25) is 0 Å². The van der Waals surface area contributed by atoms with E-state index in [-0.39, 0.29) is 6.10 Å². The minimum absolute atomic E-state index is 0.346. The van der Waals surface area contributed by atoms with Crippen molar-refractivity contribution in [3.63, 3.8) is 0 Å². The highest BCUT2D eigenvalue weighted by Crippen LogP contribution is 2.17. The van der Waals surface area contributed by atoms with Crippen LogP contribution in [0, 0.1) is 0 Å². The fraction of sp³-hybridized carbons (Fsp3) is 0.286. The minimum atomic E-state index is -0.346. The Morgan fingerprint density at radius 2 is 1.94 bits per heavy atom. The molecule has 0 spiro atoms. The molecule has 0 bridgehead atoms. The lowest BCUT2D eigenvalue weighted by molar-refractivity contribution is 0.173. The average Bonchev–Trinajstić information content (AvgIpc) is 2.80. The first-order valence-electron chi connectivity index (χ1n) is 5.77. The highest BCUT2D eigenvalue weighted by atomic mass is 79.9. The Balaban J connectivity index is 2.08. The fourth-order valence-corrected chi connectivity index (χ4v) is 2.06. The van der Waals surface area contributed by atoms with Gasteiger partial charge < -0.3 is 9.67 Å². The molecule has 1 unspecified atom stereocenters. The second-order valence-electron chi connectivity index (χ2n) is 4.17. The van der Waals surface area contributed by atoms with E-state index in [1.165, 1.54) is 5.56 Å². The number of aliphatic hydroxyl groups excluding tert-OH is 1. The molecule has 2 rings (SSSR count). The van der Waals surface area contributed by atoms with Crippen LogP contribution in [0.15, 0.2) is 47.2 Å². The van der Waals surface area contributed by atoms with Gasteiger partial charge in [-0.05, 0) is 35.7 Å². The van der Waals surface area contributed by atoms with Gasteiger partial charge in [0.15, 0.2) is 0 Å². The zero-order valence-corrected chi connectivity index (χ0v) is 11.4. The molecule has 1 atom stereocenters. The summed E-state index contributed by atoms with van der Waals surface area (Å²) in [6.07, 6.45) is 4.43. The van der Waals surface area contributed by atoms with Crippen LogP contribution in [-0.2, 0) is 6.54 Å². The first-order chi connectivity index (χ1) is 8.19. The Morgan fingerprint density at radius 3 is 2.59 bits per heavy atom. The SMILES string of the molecule is CCC(O)c1ccn(Cc2ccc(Br)cc2)c1. The second-order valence-corrected chi connectivity index (χ2v) is 5.08. The molecule has 0 saturated carbocycles. The molecule has 1 heterocycles. The van der Waals surface area contributed by atoms with E-state index >= 15 is 0 Å². The molecule has 1 aromatic carbocycles. The summed E-state index contributed by atoms with van der Waals surface area (Å²) < 4.78 is 3.19. The summed E-state index contributed by atoms with van der Waals surface area (Å²) in [4.78, 5) is 0. The summed E-state index contributed by atoms with van der Waals surface area (Å²) in [7, 11) is 0. The molecular formula is C14H16BrNO. The molecule has 0 aliphatic carbocycles. The molecule has 1 N–H and O–H groups in total. The van der Waals surface area contributed by atoms with E-state index in [2.05, 4.69) is 32.6 Å². The van der Waals surface area contributed by atoms with Crippen molar-refractivity contribution < 1.29 is 5.11 Å². The van der Waals surface area contributed by atoms with Crippen molar-refractivity contribution in [2.45, 2.75) is 26.0 Å². The lowest BCUT2D eigenvalue weighted by Gasteiger charge is -2.05. The van der Waals surface area contributed by atoms with E-state index in [1.54, 1.807) is 0 Å². The van der Waals surface area contributed by atoms with Crippen molar-refractivity contribution in [2.75, 3.05) is 0 Å². The molecule has 90 valence electrons. The maximum Gasteiger partial charge on any atom is 0.0802 e. The van der Waals surface area contributed by atoms with Crippen molar-refractivity contribution in [1.29, 1.82) is 0 Å². The third-order valence-electron chi connectivity index (χ3n) is 2.82. The molecule has 17 heavy (non-hydrogen) atoms. The maximum atomic E-state index is 9.73. The smallest absolute Gasteiger partial charge is 0.0802 e. The molecule has 2 nitrogen and oxygen atoms in total. The number of benzene rings is 1. The highest BCUT2D eigenvalue weighted by Gasteiger charge is 2.06. The molecule has 0 saturated heterocycles. The molecule has 0 amide bonds. The molecule has 0 radical (unpaired) electrons. The Bertz CT molecular complexity index is 475. The van der Waals surface area contributed by atoms with Gasteiger partial charge in [0.05, 0.1) is 6.10 Å². The Labute approximate surface area is 110 Å². The van der Waals surface area contributed by atoms with Crippen LogP contribution in [0.4, 0.5) is 0 Å². The maximum absolute atomic E-state index is 9.73. The Kier molecular flexibility index (Phi) is 4.02. The summed E-state index contributed by atoms with van der Waals surface area (Å²) >= 11 is 3.42. The molecular weight excluding hydrogens is 278 g/mol. The van der Waals surface area contributed by atoms with Gasteiger partial charge in [-0.25, -0.2) is 0 Å². The van der Waals surface area contributed by atoms with E-state index < -0.39 is 0 Å². The molecule has 3 heteroatoms. The summed E-state index contributed by atoms with van der Waals surface area (Å²) in [6, 6.07) is 10.3. The molecule has 0 aliphatic rings. The van der Waals surface area contributed by atoms with Gasteiger partial charge in [-0.2, -0.15) is 0 Å². The van der Waals surface area contributed by atoms with Crippen LogP contribution >= 0.6 is 15.9 Å². The minimum Gasteiger partial charge on any atom is -0.388 e. The summed E-state index contributed by atoms with van der Waals surface area (Å²) in [5.41, 5.74) is 2.24. The standard InChI is InChI=1S/C14H16BrNO/c1-2-14(17)12-7-8-16(10-12)9-11-3-5-13(15)6-4-11/h3-8,10,14,17H,2,9H2,1H3. The van der Waals surface area contributed by atoms with E-state index in [4.69, 9.17) is 0 Å². The van der Waals surface area contributed by atoms with Crippen LogP contribution in [-0.4, -0.2) is 9.67 Å². The summed E-state index contributed by atoms with van der Waals surface area (Å²) in [5, 5.41) is 9.73. The molecule has 2 aromatic rings. The van der Waals surface area contributed by atoms with Gasteiger partial charge in [-0.15, -0.1) is 0 Å². The monoisotopic (exact) mass is 293 g/mol. The third kappa shape index (κ3) is 3.20. The second kappa shape index (κ2) is 5.52. The average molecular weight is 294 g/mol. The normalized spacial score (nSPS) is 12.6. The van der Waals surface area contributed by atoms with E-state index in [0.29, 0.717) is 0 Å². The summed E-state index contributed by atoms with van der Waals surface area (Å²) in [5.74, 6) is 0. The number of aromatic nitrogens is 1. The highest BCUT2D eigenvalue weighted by molar-refractivity contribution is 9.10. The van der Waals surface area contributed by atoms with Crippen LogP contribution in [0.2, 0.25) is 0 Å². The van der Waals surface area contributed by atoms with Crippen LogP contribution in [0.3, 0.4) is 0 Å². The first kappa shape index (κ1) is 12.4. The van der Waals surface area contributed by atoms with Crippen molar-refractivity contribution in [3.8, 4) is 0 Å². The van der Waals surface area contributed by atoms with Crippen LogP contribution < -0.4 is 0 Å². The van der Waals surface area contributed by atoms with Gasteiger partial charge in [-0.1, -0.05) is 35.0 Å². The predicted molar refractivity (Wildman–Crippen MR) is 72.9 cm³/mol. The van der Waals surface area contributed by atoms with Crippen molar-refractivity contribution in [3.05, 3.63) is 58.3 Å².